The molecule has 1 fully saturated rings. The quantitative estimate of drug-likeness (QED) is 0.261. The zero-order chi connectivity index (χ0) is 32.5. The Hall–Kier alpha value is -5.77. The lowest BCUT2D eigenvalue weighted by molar-refractivity contribution is 0.0690. The van der Waals surface area contributed by atoms with Gasteiger partial charge in [-0.3, -0.25) is 23.3 Å². The maximum absolute atomic E-state index is 14.0. The van der Waals surface area contributed by atoms with Gasteiger partial charge in [-0.15, -0.1) is 5.92 Å². The van der Waals surface area contributed by atoms with Crippen molar-refractivity contribution in [2.24, 2.45) is 7.05 Å². The van der Waals surface area contributed by atoms with Gasteiger partial charge in [0.25, 0.3) is 11.5 Å². The highest BCUT2D eigenvalue weighted by molar-refractivity contribution is 6.04. The highest BCUT2D eigenvalue weighted by Crippen LogP contribution is 2.24. The van der Waals surface area contributed by atoms with Gasteiger partial charge in [-0.05, 0) is 44.9 Å². The summed E-state index contributed by atoms with van der Waals surface area (Å²) < 4.78 is 4.17. The van der Waals surface area contributed by atoms with E-state index in [9.17, 15) is 24.3 Å². The molecule has 1 aliphatic rings. The number of para-hydroxylation sites is 1. The molecule has 6 rings (SSSR count). The topological polar surface area (TPSA) is 157 Å². The van der Waals surface area contributed by atoms with E-state index in [0.29, 0.717) is 37.7 Å². The minimum Gasteiger partial charge on any atom is -0.478 e. The molecule has 5 aromatic rings. The van der Waals surface area contributed by atoms with Crippen LogP contribution in [-0.2, 0) is 20.1 Å². The van der Waals surface area contributed by atoms with Gasteiger partial charge in [-0.2, -0.15) is 4.98 Å². The molecule has 46 heavy (non-hydrogen) atoms. The third-order valence-electron chi connectivity index (χ3n) is 8.21. The van der Waals surface area contributed by atoms with E-state index in [-0.39, 0.29) is 41.4 Å². The molecule has 1 atom stereocenters. The van der Waals surface area contributed by atoms with Crippen molar-refractivity contribution in [3.05, 3.63) is 92.0 Å². The fourth-order valence-corrected chi connectivity index (χ4v) is 5.96. The number of carbonyl (C=O) groups excluding carboxylic acids is 1. The van der Waals surface area contributed by atoms with Crippen LogP contribution in [-0.4, -0.2) is 64.8 Å². The molecule has 4 heterocycles. The van der Waals surface area contributed by atoms with Gasteiger partial charge >= 0.3 is 11.7 Å². The fraction of sp³-hybridized carbons (Fsp3) is 0.303. The summed E-state index contributed by atoms with van der Waals surface area (Å²) in [6.07, 6.45) is 1.37. The summed E-state index contributed by atoms with van der Waals surface area (Å²) >= 11 is 0. The van der Waals surface area contributed by atoms with Crippen molar-refractivity contribution in [1.29, 1.82) is 0 Å². The maximum atomic E-state index is 14.0. The Morgan fingerprint density at radius 1 is 1.02 bits per heavy atom. The summed E-state index contributed by atoms with van der Waals surface area (Å²) in [5.74, 6) is 5.03. The molecule has 2 N–H and O–H groups in total. The first-order valence-corrected chi connectivity index (χ1v) is 14.9. The molecule has 1 saturated heterocycles. The molecule has 0 saturated carbocycles. The van der Waals surface area contributed by atoms with Crippen molar-refractivity contribution in [2.45, 2.75) is 45.8 Å². The zero-order valence-corrected chi connectivity index (χ0v) is 25.6. The standard InChI is InChI=1S/C33H32N8O5/c1-4-5-17-40-27-28(38(3)33(46)41(30(27)43)19-26-34-20(2)22-12-8-9-15-25(22)36-26)37-32(40)39-16-10-11-21(18-39)35-29(42)23-13-6-7-14-24(23)31(44)45/h6-9,12-15,21H,10-11,16-19H2,1-3H3,(H,35,42)(H,44,45)/t21-/m1/s1. The molecule has 0 aliphatic carbocycles. The lowest BCUT2D eigenvalue weighted by Gasteiger charge is -2.34. The Balaban J connectivity index is 1.37. The molecular weight excluding hydrogens is 588 g/mol. The number of nitrogens with zero attached hydrogens (tertiary/aromatic N) is 7. The van der Waals surface area contributed by atoms with Crippen molar-refractivity contribution in [3.63, 3.8) is 0 Å². The highest BCUT2D eigenvalue weighted by atomic mass is 16.4. The van der Waals surface area contributed by atoms with E-state index in [1.807, 2.05) is 36.1 Å². The molecule has 0 radical (unpaired) electrons. The van der Waals surface area contributed by atoms with Crippen molar-refractivity contribution in [1.82, 2.24) is 34.0 Å². The van der Waals surface area contributed by atoms with Crippen LogP contribution >= 0.6 is 0 Å². The van der Waals surface area contributed by atoms with E-state index in [1.54, 1.807) is 30.7 Å². The van der Waals surface area contributed by atoms with Crippen LogP contribution in [0.1, 0.15) is 52.0 Å². The number of hydrogen-bond donors (Lipinski definition) is 2. The van der Waals surface area contributed by atoms with Gasteiger partial charge in [-0.25, -0.2) is 19.6 Å². The van der Waals surface area contributed by atoms with E-state index in [1.165, 1.54) is 16.7 Å². The van der Waals surface area contributed by atoms with Crippen LogP contribution in [0, 0.1) is 18.8 Å². The van der Waals surface area contributed by atoms with Gasteiger partial charge in [0, 0.05) is 37.3 Å². The number of hydrogen-bond acceptors (Lipinski definition) is 8. The van der Waals surface area contributed by atoms with Gasteiger partial charge in [0.2, 0.25) is 5.95 Å². The Morgan fingerprint density at radius 2 is 1.76 bits per heavy atom. The molecular formula is C33H32N8O5. The molecule has 0 bridgehead atoms. The lowest BCUT2D eigenvalue weighted by Crippen LogP contribution is -2.48. The Bertz CT molecular complexity index is 2200. The van der Waals surface area contributed by atoms with Gasteiger partial charge in [0.05, 0.1) is 29.7 Å². The van der Waals surface area contributed by atoms with Crippen LogP contribution in [0.3, 0.4) is 0 Å². The molecule has 234 valence electrons. The van der Waals surface area contributed by atoms with E-state index in [0.717, 1.165) is 21.2 Å². The molecule has 0 unspecified atom stereocenters. The molecule has 1 aliphatic heterocycles. The van der Waals surface area contributed by atoms with Crippen LogP contribution in [0.4, 0.5) is 5.95 Å². The number of carboxylic acids is 1. The minimum atomic E-state index is -1.18. The molecule has 0 spiro atoms. The number of carbonyl (C=O) groups is 2. The lowest BCUT2D eigenvalue weighted by atomic mass is 10.0. The normalized spacial score (nSPS) is 14.7. The predicted molar refractivity (Wildman–Crippen MR) is 172 cm³/mol. The van der Waals surface area contributed by atoms with E-state index in [4.69, 9.17) is 4.98 Å². The molecule has 3 aromatic heterocycles. The number of aryl methyl sites for hydroxylation is 2. The van der Waals surface area contributed by atoms with Crippen LogP contribution in [0.25, 0.3) is 22.1 Å². The van der Waals surface area contributed by atoms with Crippen LogP contribution in [0.15, 0.2) is 58.1 Å². The Kier molecular flexibility index (Phi) is 8.10. The van der Waals surface area contributed by atoms with Crippen LogP contribution < -0.4 is 21.5 Å². The first-order chi connectivity index (χ1) is 22.2. The summed E-state index contributed by atoms with van der Waals surface area (Å²) in [6, 6.07) is 13.3. The second-order valence-electron chi connectivity index (χ2n) is 11.2. The summed E-state index contributed by atoms with van der Waals surface area (Å²) in [7, 11) is 1.57. The number of aromatic carboxylic acids is 1. The second-order valence-corrected chi connectivity index (χ2v) is 11.2. The second kappa shape index (κ2) is 12.3. The van der Waals surface area contributed by atoms with E-state index < -0.39 is 23.1 Å². The van der Waals surface area contributed by atoms with E-state index >= 15 is 0 Å². The van der Waals surface area contributed by atoms with Crippen LogP contribution in [0.2, 0.25) is 0 Å². The first kappa shape index (κ1) is 30.3. The predicted octanol–water partition coefficient (Wildman–Crippen LogP) is 2.32. The number of piperidine rings is 1. The van der Waals surface area contributed by atoms with E-state index in [2.05, 4.69) is 27.1 Å². The number of aromatic nitrogens is 6. The van der Waals surface area contributed by atoms with Gasteiger partial charge < -0.3 is 15.3 Å². The SMILES string of the molecule is CC#CCn1c(N2CCC[C@@H](NC(=O)c3ccccc3C(=O)O)C2)nc2c1c(=O)n(Cc1nc(C)c3ccccc3n1)c(=O)n2C. The largest absolute Gasteiger partial charge is 0.478 e. The Morgan fingerprint density at radius 3 is 2.52 bits per heavy atom. The summed E-state index contributed by atoms with van der Waals surface area (Å²) in [6.45, 7) is 4.54. The van der Waals surface area contributed by atoms with Crippen molar-refractivity contribution in [3.8, 4) is 11.8 Å². The average molecular weight is 621 g/mol. The number of anilines is 1. The number of amides is 1. The number of carboxylic acid groups (broad SMARTS) is 1. The minimum absolute atomic E-state index is 0.0750. The molecule has 1 amide bonds. The van der Waals surface area contributed by atoms with Crippen LogP contribution in [0.5, 0.6) is 0 Å². The molecule has 13 heteroatoms. The molecule has 13 nitrogen and oxygen atoms in total. The zero-order valence-electron chi connectivity index (χ0n) is 25.6. The highest BCUT2D eigenvalue weighted by Gasteiger charge is 2.29. The number of rotatable bonds is 7. The van der Waals surface area contributed by atoms with Crippen molar-refractivity contribution in [2.75, 3.05) is 18.0 Å². The smallest absolute Gasteiger partial charge is 0.336 e. The van der Waals surface area contributed by atoms with Gasteiger partial charge in [0.1, 0.15) is 5.82 Å². The van der Waals surface area contributed by atoms with Gasteiger partial charge in [0.15, 0.2) is 11.2 Å². The maximum Gasteiger partial charge on any atom is 0.336 e. The fourth-order valence-electron chi connectivity index (χ4n) is 5.96. The summed E-state index contributed by atoms with van der Waals surface area (Å²) in [5.41, 5.74) is 0.833. The first-order valence-electron chi connectivity index (χ1n) is 14.9. The van der Waals surface area contributed by atoms with Crippen molar-refractivity contribution < 1.29 is 14.7 Å². The Labute approximate surface area is 263 Å². The summed E-state index contributed by atoms with van der Waals surface area (Å²) in [4.78, 5) is 68.3. The number of fused-ring (bicyclic) bond motifs is 2. The number of nitrogens with one attached hydrogen (secondary N) is 1. The van der Waals surface area contributed by atoms with Crippen molar-refractivity contribution >= 4 is 39.9 Å². The molecule has 2 aromatic carbocycles. The number of imidazole rings is 1. The third kappa shape index (κ3) is 5.49. The summed E-state index contributed by atoms with van der Waals surface area (Å²) in [5, 5.41) is 13.4. The number of benzene rings is 2. The third-order valence-corrected chi connectivity index (χ3v) is 8.21. The van der Waals surface area contributed by atoms with Gasteiger partial charge in [-0.1, -0.05) is 36.3 Å². The average Bonchev–Trinajstić information content (AvgIpc) is 3.44. The monoisotopic (exact) mass is 620 g/mol.